The van der Waals surface area contributed by atoms with Crippen LogP contribution in [-0.4, -0.2) is 43.0 Å². The molecular formula is C17H23IN2O3. The van der Waals surface area contributed by atoms with Gasteiger partial charge in [-0.25, -0.2) is 0 Å². The molecule has 0 aromatic heterocycles. The van der Waals surface area contributed by atoms with E-state index in [2.05, 4.69) is 32.8 Å². The van der Waals surface area contributed by atoms with Gasteiger partial charge in [-0.2, -0.15) is 0 Å². The van der Waals surface area contributed by atoms with Crippen molar-refractivity contribution in [3.63, 3.8) is 0 Å². The molecule has 126 valence electrons. The number of benzene rings is 1. The molecule has 0 heterocycles. The van der Waals surface area contributed by atoms with Gasteiger partial charge in [-0.3, -0.25) is 14.5 Å². The Labute approximate surface area is 150 Å². The highest BCUT2D eigenvalue weighted by molar-refractivity contribution is 14.1. The molecular weight excluding hydrogens is 407 g/mol. The molecule has 1 amide bonds. The first-order chi connectivity index (χ1) is 11.1. The lowest BCUT2D eigenvalue weighted by atomic mass is 10.3. The van der Waals surface area contributed by atoms with Gasteiger partial charge in [0.2, 0.25) is 5.91 Å². The van der Waals surface area contributed by atoms with Gasteiger partial charge in [0, 0.05) is 22.3 Å². The smallest absolute Gasteiger partial charge is 0.307 e. The van der Waals surface area contributed by atoms with Crippen LogP contribution in [0.4, 0.5) is 5.69 Å². The van der Waals surface area contributed by atoms with Crippen LogP contribution in [0.1, 0.15) is 26.2 Å². The largest absolute Gasteiger partial charge is 0.466 e. The van der Waals surface area contributed by atoms with E-state index in [4.69, 9.17) is 4.74 Å². The van der Waals surface area contributed by atoms with Crippen LogP contribution < -0.4 is 5.32 Å². The van der Waals surface area contributed by atoms with E-state index in [0.717, 1.165) is 15.8 Å². The van der Waals surface area contributed by atoms with Crippen molar-refractivity contribution in [2.24, 2.45) is 5.92 Å². The number of nitrogens with zero attached hydrogens (tertiary/aromatic N) is 1. The summed E-state index contributed by atoms with van der Waals surface area (Å²) in [6.07, 6.45) is 2.76. The fourth-order valence-electron chi connectivity index (χ4n) is 2.32. The molecule has 1 fully saturated rings. The molecule has 0 atom stereocenters. The van der Waals surface area contributed by atoms with Crippen LogP contribution in [0.5, 0.6) is 0 Å². The summed E-state index contributed by atoms with van der Waals surface area (Å²) in [5.74, 6) is 0.422. The SMILES string of the molecule is CCOC(=O)CCN(CC(=O)Nc1ccc(I)cc1)CC1CC1. The number of carbonyl (C=O) groups is 2. The minimum absolute atomic E-state index is 0.0456. The highest BCUT2D eigenvalue weighted by Crippen LogP contribution is 2.29. The summed E-state index contributed by atoms with van der Waals surface area (Å²) in [5, 5.41) is 2.91. The molecule has 6 heteroatoms. The molecule has 1 N–H and O–H groups in total. The molecule has 0 saturated heterocycles. The van der Waals surface area contributed by atoms with E-state index >= 15 is 0 Å². The summed E-state index contributed by atoms with van der Waals surface area (Å²) in [5.41, 5.74) is 0.798. The number of nitrogens with one attached hydrogen (secondary N) is 1. The molecule has 0 radical (unpaired) electrons. The standard InChI is InChI=1S/C17H23IN2O3/c1-2-23-17(22)9-10-20(11-13-3-4-13)12-16(21)19-15-7-5-14(18)6-8-15/h5-8,13H,2-4,9-12H2,1H3,(H,19,21). The van der Waals surface area contributed by atoms with Gasteiger partial charge >= 0.3 is 5.97 Å². The molecule has 23 heavy (non-hydrogen) atoms. The normalized spacial score (nSPS) is 13.9. The Bertz CT molecular complexity index is 529. The van der Waals surface area contributed by atoms with Crippen molar-refractivity contribution in [2.75, 3.05) is 31.6 Å². The van der Waals surface area contributed by atoms with E-state index in [-0.39, 0.29) is 11.9 Å². The van der Waals surface area contributed by atoms with Crippen molar-refractivity contribution >= 4 is 40.2 Å². The molecule has 0 aliphatic heterocycles. The van der Waals surface area contributed by atoms with Gasteiger partial charge in [0.1, 0.15) is 0 Å². The summed E-state index contributed by atoms with van der Waals surface area (Å²) in [6, 6.07) is 7.70. The first-order valence-corrected chi connectivity index (χ1v) is 9.08. The third kappa shape index (κ3) is 7.30. The Morgan fingerprint density at radius 1 is 1.30 bits per heavy atom. The van der Waals surface area contributed by atoms with Gasteiger partial charge in [0.05, 0.1) is 19.6 Å². The van der Waals surface area contributed by atoms with E-state index < -0.39 is 0 Å². The Balaban J connectivity index is 1.81. The van der Waals surface area contributed by atoms with Crippen molar-refractivity contribution in [1.82, 2.24) is 4.90 Å². The number of carbonyl (C=O) groups excluding carboxylic acids is 2. The summed E-state index contributed by atoms with van der Waals surface area (Å²) < 4.78 is 6.09. The zero-order chi connectivity index (χ0) is 16.7. The van der Waals surface area contributed by atoms with Crippen molar-refractivity contribution in [2.45, 2.75) is 26.2 Å². The lowest BCUT2D eigenvalue weighted by Crippen LogP contribution is -2.36. The highest BCUT2D eigenvalue weighted by Gasteiger charge is 2.25. The summed E-state index contributed by atoms with van der Waals surface area (Å²) in [4.78, 5) is 25.8. The molecule has 0 spiro atoms. The van der Waals surface area contributed by atoms with Crippen molar-refractivity contribution in [3.8, 4) is 0 Å². The quantitative estimate of drug-likeness (QED) is 0.484. The molecule has 1 saturated carbocycles. The third-order valence-electron chi connectivity index (χ3n) is 3.65. The van der Waals surface area contributed by atoms with Gasteiger partial charge < -0.3 is 10.1 Å². The Morgan fingerprint density at radius 3 is 2.61 bits per heavy atom. The number of esters is 1. The lowest BCUT2D eigenvalue weighted by Gasteiger charge is -2.21. The number of hydrogen-bond donors (Lipinski definition) is 1. The molecule has 0 bridgehead atoms. The number of hydrogen-bond acceptors (Lipinski definition) is 4. The van der Waals surface area contributed by atoms with Crippen LogP contribution in [0.2, 0.25) is 0 Å². The topological polar surface area (TPSA) is 58.6 Å². The van der Waals surface area contributed by atoms with Crippen LogP contribution in [0.15, 0.2) is 24.3 Å². The van der Waals surface area contributed by atoms with Crippen molar-refractivity contribution < 1.29 is 14.3 Å². The van der Waals surface area contributed by atoms with Gasteiger partial charge in [-0.1, -0.05) is 0 Å². The summed E-state index contributed by atoms with van der Waals surface area (Å²) in [7, 11) is 0. The van der Waals surface area contributed by atoms with Crippen LogP contribution in [0.25, 0.3) is 0 Å². The Kier molecular flexibility index (Phi) is 7.29. The zero-order valence-electron chi connectivity index (χ0n) is 13.4. The first kappa shape index (κ1) is 18.2. The maximum Gasteiger partial charge on any atom is 0.307 e. The molecule has 1 aromatic rings. The number of rotatable bonds is 9. The molecule has 1 aliphatic carbocycles. The van der Waals surface area contributed by atoms with Crippen LogP contribution >= 0.6 is 22.6 Å². The maximum absolute atomic E-state index is 12.2. The minimum atomic E-state index is -0.202. The fourth-order valence-corrected chi connectivity index (χ4v) is 2.68. The third-order valence-corrected chi connectivity index (χ3v) is 4.37. The number of anilines is 1. The summed E-state index contributed by atoms with van der Waals surface area (Å²) in [6.45, 7) is 3.94. The number of halogens is 1. The molecule has 5 nitrogen and oxygen atoms in total. The van der Waals surface area contributed by atoms with Crippen molar-refractivity contribution in [3.05, 3.63) is 27.8 Å². The van der Waals surface area contributed by atoms with E-state index in [1.54, 1.807) is 6.92 Å². The monoisotopic (exact) mass is 430 g/mol. The molecule has 0 unspecified atom stereocenters. The predicted molar refractivity (Wildman–Crippen MR) is 98.2 cm³/mol. The van der Waals surface area contributed by atoms with E-state index in [0.29, 0.717) is 32.0 Å². The number of ether oxygens (including phenoxy) is 1. The minimum Gasteiger partial charge on any atom is -0.466 e. The average Bonchev–Trinajstić information content (AvgIpc) is 3.31. The van der Waals surface area contributed by atoms with Gasteiger partial charge in [0.25, 0.3) is 0 Å². The van der Waals surface area contributed by atoms with Gasteiger partial charge in [-0.05, 0) is 72.5 Å². The second-order valence-corrected chi connectivity index (χ2v) is 7.03. The Morgan fingerprint density at radius 2 is 2.00 bits per heavy atom. The summed E-state index contributed by atoms with van der Waals surface area (Å²) >= 11 is 2.23. The number of amides is 1. The van der Waals surface area contributed by atoms with Gasteiger partial charge in [-0.15, -0.1) is 0 Å². The zero-order valence-corrected chi connectivity index (χ0v) is 15.5. The molecule has 2 rings (SSSR count). The van der Waals surface area contributed by atoms with Gasteiger partial charge in [0.15, 0.2) is 0 Å². The lowest BCUT2D eigenvalue weighted by molar-refractivity contribution is -0.143. The van der Waals surface area contributed by atoms with E-state index in [1.807, 2.05) is 24.3 Å². The molecule has 1 aliphatic rings. The molecule has 1 aromatic carbocycles. The van der Waals surface area contributed by atoms with E-state index in [1.165, 1.54) is 12.8 Å². The maximum atomic E-state index is 12.2. The van der Waals surface area contributed by atoms with Crippen LogP contribution in [0.3, 0.4) is 0 Å². The first-order valence-electron chi connectivity index (χ1n) is 8.00. The fraction of sp³-hybridized carbons (Fsp3) is 0.529. The van der Waals surface area contributed by atoms with Crippen LogP contribution in [-0.2, 0) is 14.3 Å². The van der Waals surface area contributed by atoms with Crippen LogP contribution in [0, 0.1) is 9.49 Å². The van der Waals surface area contributed by atoms with E-state index in [9.17, 15) is 9.59 Å². The average molecular weight is 430 g/mol. The Hall–Kier alpha value is -1.15. The van der Waals surface area contributed by atoms with Crippen molar-refractivity contribution in [1.29, 1.82) is 0 Å². The second kappa shape index (κ2) is 9.22. The predicted octanol–water partition coefficient (Wildman–Crippen LogP) is 2.89. The highest BCUT2D eigenvalue weighted by atomic mass is 127. The second-order valence-electron chi connectivity index (χ2n) is 5.79.